The van der Waals surface area contributed by atoms with Gasteiger partial charge in [-0.3, -0.25) is 4.79 Å². The number of benzene rings is 2. The van der Waals surface area contributed by atoms with Crippen LogP contribution in [0.15, 0.2) is 47.6 Å². The molecule has 0 aliphatic heterocycles. The zero-order valence-corrected chi connectivity index (χ0v) is 18.3. The molecule has 0 radical (unpaired) electrons. The number of amides is 1. The lowest BCUT2D eigenvalue weighted by Gasteiger charge is -2.15. The maximum absolute atomic E-state index is 12.4. The number of hydrogen-bond acceptors (Lipinski definition) is 5. The molecule has 152 valence electrons. The Kier molecular flexibility index (Phi) is 6.82. The molecule has 0 aliphatic carbocycles. The highest BCUT2D eigenvalue weighted by Crippen LogP contribution is 2.29. The van der Waals surface area contributed by atoms with Gasteiger partial charge in [0.25, 0.3) is 0 Å². The predicted octanol–water partition coefficient (Wildman–Crippen LogP) is 4.96. The van der Waals surface area contributed by atoms with Gasteiger partial charge in [-0.1, -0.05) is 47.6 Å². The average molecular weight is 431 g/mol. The first-order valence-corrected chi connectivity index (χ1v) is 10.5. The van der Waals surface area contributed by atoms with Crippen LogP contribution in [0.25, 0.3) is 0 Å². The van der Waals surface area contributed by atoms with Crippen molar-refractivity contribution in [2.45, 2.75) is 32.0 Å². The minimum atomic E-state index is -0.342. The topological polar surface area (TPSA) is 69.0 Å². The molecular formula is C21H23ClN4O2S. The van der Waals surface area contributed by atoms with E-state index in [4.69, 9.17) is 16.3 Å². The van der Waals surface area contributed by atoms with Gasteiger partial charge in [-0.05, 0) is 50.1 Å². The van der Waals surface area contributed by atoms with Gasteiger partial charge in [-0.2, -0.15) is 0 Å². The summed E-state index contributed by atoms with van der Waals surface area (Å²) in [5.41, 5.74) is 3.04. The van der Waals surface area contributed by atoms with Gasteiger partial charge in [0, 0.05) is 12.7 Å². The largest absolute Gasteiger partial charge is 0.481 e. The molecule has 3 aromatic rings. The molecule has 3 rings (SSSR count). The number of nitrogens with one attached hydrogen (secondary N) is 1. The summed E-state index contributed by atoms with van der Waals surface area (Å²) in [6.07, 6.45) is -0.342. The van der Waals surface area contributed by atoms with E-state index in [0.717, 1.165) is 16.8 Å². The third kappa shape index (κ3) is 5.10. The van der Waals surface area contributed by atoms with E-state index in [0.29, 0.717) is 21.8 Å². The van der Waals surface area contributed by atoms with Crippen LogP contribution < -0.4 is 10.1 Å². The van der Waals surface area contributed by atoms with Crippen molar-refractivity contribution >= 4 is 35.0 Å². The monoisotopic (exact) mass is 430 g/mol. The zero-order valence-electron chi connectivity index (χ0n) is 16.8. The van der Waals surface area contributed by atoms with E-state index in [9.17, 15) is 4.79 Å². The fourth-order valence-electron chi connectivity index (χ4n) is 2.79. The van der Waals surface area contributed by atoms with Gasteiger partial charge in [-0.15, -0.1) is 10.2 Å². The molecule has 1 aromatic heterocycles. The summed E-state index contributed by atoms with van der Waals surface area (Å²) in [5.74, 6) is 1.39. The van der Waals surface area contributed by atoms with Gasteiger partial charge >= 0.3 is 0 Å². The van der Waals surface area contributed by atoms with Gasteiger partial charge in [0.1, 0.15) is 5.75 Å². The molecule has 0 spiro atoms. The molecule has 0 fully saturated rings. The molecule has 1 amide bonds. The Hall–Kier alpha value is -2.51. The molecule has 1 N–H and O–H groups in total. The highest BCUT2D eigenvalue weighted by atomic mass is 35.5. The fourth-order valence-corrected chi connectivity index (χ4v) is 3.69. The standard InChI is InChI=1S/C21H23ClN4O2S/c1-13-8-7-10-17(14(13)2)23-19(27)12-29-21-25-24-20(26(21)4)15(3)28-18-11-6-5-9-16(18)22/h5-11,15H,12H2,1-4H3,(H,23,27)/t15-/m1/s1. The SMILES string of the molecule is Cc1cccc(NC(=O)CSc2nnc([C@@H](C)Oc3ccccc3Cl)n2C)c1C. The smallest absolute Gasteiger partial charge is 0.234 e. The summed E-state index contributed by atoms with van der Waals surface area (Å²) in [6.45, 7) is 5.90. The molecule has 8 heteroatoms. The number of carbonyl (C=O) groups excluding carboxylic acids is 1. The quantitative estimate of drug-likeness (QED) is 0.536. The maximum Gasteiger partial charge on any atom is 0.234 e. The third-order valence-electron chi connectivity index (χ3n) is 4.58. The molecule has 0 saturated heterocycles. The molecule has 0 bridgehead atoms. The Morgan fingerprint density at radius 3 is 2.72 bits per heavy atom. The van der Waals surface area contributed by atoms with E-state index in [-0.39, 0.29) is 17.8 Å². The van der Waals surface area contributed by atoms with Gasteiger partial charge in [0.2, 0.25) is 5.91 Å². The zero-order chi connectivity index (χ0) is 21.0. The first kappa shape index (κ1) is 21.2. The first-order valence-electron chi connectivity index (χ1n) is 9.16. The summed E-state index contributed by atoms with van der Waals surface area (Å²) in [4.78, 5) is 12.4. The van der Waals surface area contributed by atoms with Crippen molar-refractivity contribution in [3.8, 4) is 5.75 Å². The van der Waals surface area contributed by atoms with Crippen molar-refractivity contribution in [3.63, 3.8) is 0 Å². The first-order chi connectivity index (χ1) is 13.9. The number of carbonyl (C=O) groups is 1. The Morgan fingerprint density at radius 2 is 1.97 bits per heavy atom. The number of para-hydroxylation sites is 1. The van der Waals surface area contributed by atoms with Crippen molar-refractivity contribution in [3.05, 3.63) is 64.4 Å². The second-order valence-electron chi connectivity index (χ2n) is 6.67. The average Bonchev–Trinajstić information content (AvgIpc) is 3.06. The van der Waals surface area contributed by atoms with Gasteiger partial charge < -0.3 is 14.6 Å². The van der Waals surface area contributed by atoms with Crippen molar-refractivity contribution in [2.24, 2.45) is 7.05 Å². The van der Waals surface area contributed by atoms with Crippen molar-refractivity contribution in [1.29, 1.82) is 0 Å². The number of nitrogens with zero attached hydrogens (tertiary/aromatic N) is 3. The van der Waals surface area contributed by atoms with Crippen LogP contribution in [0.5, 0.6) is 5.75 Å². The van der Waals surface area contributed by atoms with Crippen molar-refractivity contribution in [1.82, 2.24) is 14.8 Å². The predicted molar refractivity (Wildman–Crippen MR) is 117 cm³/mol. The molecule has 1 atom stereocenters. The lowest BCUT2D eigenvalue weighted by atomic mass is 10.1. The molecule has 0 aliphatic rings. The van der Waals surface area contributed by atoms with Crippen LogP contribution in [-0.2, 0) is 11.8 Å². The normalized spacial score (nSPS) is 11.9. The molecular weight excluding hydrogens is 408 g/mol. The molecule has 2 aromatic carbocycles. The van der Waals surface area contributed by atoms with Crippen LogP contribution in [0.2, 0.25) is 5.02 Å². The highest BCUT2D eigenvalue weighted by Gasteiger charge is 2.19. The Labute approximate surface area is 179 Å². The Bertz CT molecular complexity index is 1020. The van der Waals surface area contributed by atoms with E-state index in [1.807, 2.05) is 68.8 Å². The summed E-state index contributed by atoms with van der Waals surface area (Å²) in [7, 11) is 1.85. The molecule has 1 heterocycles. The minimum Gasteiger partial charge on any atom is -0.481 e. The van der Waals surface area contributed by atoms with Crippen molar-refractivity contribution in [2.75, 3.05) is 11.1 Å². The summed E-state index contributed by atoms with van der Waals surface area (Å²) >= 11 is 7.48. The second-order valence-corrected chi connectivity index (χ2v) is 8.02. The summed E-state index contributed by atoms with van der Waals surface area (Å²) in [6, 6.07) is 13.1. The number of anilines is 1. The van der Waals surface area contributed by atoms with Crippen LogP contribution in [0.4, 0.5) is 5.69 Å². The number of hydrogen-bond donors (Lipinski definition) is 1. The number of ether oxygens (including phenoxy) is 1. The van der Waals surface area contributed by atoms with E-state index >= 15 is 0 Å². The second kappa shape index (κ2) is 9.33. The number of aromatic nitrogens is 3. The van der Waals surface area contributed by atoms with E-state index in [1.54, 1.807) is 6.07 Å². The molecule has 0 saturated carbocycles. The lowest BCUT2D eigenvalue weighted by molar-refractivity contribution is -0.113. The molecule has 0 unspecified atom stereocenters. The number of thioether (sulfide) groups is 1. The summed E-state index contributed by atoms with van der Waals surface area (Å²) < 4.78 is 7.74. The van der Waals surface area contributed by atoms with Crippen LogP contribution in [0, 0.1) is 13.8 Å². The minimum absolute atomic E-state index is 0.0892. The van der Waals surface area contributed by atoms with Crippen LogP contribution >= 0.6 is 23.4 Å². The van der Waals surface area contributed by atoms with E-state index in [2.05, 4.69) is 15.5 Å². The molecule has 29 heavy (non-hydrogen) atoms. The lowest BCUT2D eigenvalue weighted by Crippen LogP contribution is -2.15. The van der Waals surface area contributed by atoms with Gasteiger partial charge in [0.05, 0.1) is 10.8 Å². The number of halogens is 1. The van der Waals surface area contributed by atoms with E-state index in [1.165, 1.54) is 11.8 Å². The van der Waals surface area contributed by atoms with Gasteiger partial charge in [0.15, 0.2) is 17.1 Å². The van der Waals surface area contributed by atoms with Crippen LogP contribution in [0.1, 0.15) is 30.0 Å². The van der Waals surface area contributed by atoms with E-state index < -0.39 is 0 Å². The maximum atomic E-state index is 12.4. The van der Waals surface area contributed by atoms with Crippen LogP contribution in [0.3, 0.4) is 0 Å². The van der Waals surface area contributed by atoms with Crippen molar-refractivity contribution < 1.29 is 9.53 Å². The third-order valence-corrected chi connectivity index (χ3v) is 5.92. The van der Waals surface area contributed by atoms with Crippen LogP contribution in [-0.4, -0.2) is 26.4 Å². The fraction of sp³-hybridized carbons (Fsp3) is 0.286. The summed E-state index contributed by atoms with van der Waals surface area (Å²) in [5, 5.41) is 12.6. The molecule has 6 nitrogen and oxygen atoms in total. The van der Waals surface area contributed by atoms with Gasteiger partial charge in [-0.25, -0.2) is 0 Å². The Morgan fingerprint density at radius 1 is 1.21 bits per heavy atom. The highest BCUT2D eigenvalue weighted by molar-refractivity contribution is 7.99. The number of rotatable bonds is 7. The number of aryl methyl sites for hydroxylation is 1. The Balaban J connectivity index is 1.61.